The van der Waals surface area contributed by atoms with Crippen molar-refractivity contribution < 1.29 is 9.47 Å². The molecule has 0 unspecified atom stereocenters. The minimum absolute atomic E-state index is 0.869. The van der Waals surface area contributed by atoms with E-state index in [4.69, 9.17) is 9.47 Å². The van der Waals surface area contributed by atoms with E-state index in [1.165, 1.54) is 10.8 Å². The SMILES string of the molecule is COc1ccccc1-c1cc(-c2ccccc2OC)c2ccccc2c1. The lowest BCUT2D eigenvalue weighted by Crippen LogP contribution is -1.91. The molecule has 0 aliphatic rings. The zero-order chi connectivity index (χ0) is 17.9. The van der Waals surface area contributed by atoms with Crippen LogP contribution in [0.15, 0.2) is 84.9 Å². The second-order valence-electron chi connectivity index (χ2n) is 6.15. The van der Waals surface area contributed by atoms with Gasteiger partial charge in [0.1, 0.15) is 11.5 Å². The van der Waals surface area contributed by atoms with Crippen LogP contribution in [0.2, 0.25) is 0 Å². The minimum atomic E-state index is 0.869. The molecule has 0 saturated heterocycles. The first-order valence-electron chi connectivity index (χ1n) is 8.61. The Morgan fingerprint density at radius 2 is 1.12 bits per heavy atom. The van der Waals surface area contributed by atoms with Gasteiger partial charge in [-0.3, -0.25) is 0 Å². The summed E-state index contributed by atoms with van der Waals surface area (Å²) < 4.78 is 11.2. The number of rotatable bonds is 4. The van der Waals surface area contributed by atoms with Gasteiger partial charge in [-0.15, -0.1) is 0 Å². The van der Waals surface area contributed by atoms with Crippen LogP contribution in [-0.4, -0.2) is 14.2 Å². The van der Waals surface area contributed by atoms with E-state index < -0.39 is 0 Å². The van der Waals surface area contributed by atoms with Crippen molar-refractivity contribution in [2.75, 3.05) is 14.2 Å². The minimum Gasteiger partial charge on any atom is -0.496 e. The van der Waals surface area contributed by atoms with Gasteiger partial charge >= 0.3 is 0 Å². The largest absolute Gasteiger partial charge is 0.496 e. The highest BCUT2D eigenvalue weighted by atomic mass is 16.5. The Balaban J connectivity index is 2.04. The van der Waals surface area contributed by atoms with Crippen molar-refractivity contribution in [2.45, 2.75) is 0 Å². The maximum Gasteiger partial charge on any atom is 0.126 e. The number of ether oxygens (including phenoxy) is 2. The monoisotopic (exact) mass is 340 g/mol. The summed E-state index contributed by atoms with van der Waals surface area (Å²) in [6.45, 7) is 0. The summed E-state index contributed by atoms with van der Waals surface area (Å²) in [4.78, 5) is 0. The number of benzene rings is 4. The molecule has 4 aromatic carbocycles. The fourth-order valence-corrected chi connectivity index (χ4v) is 3.44. The van der Waals surface area contributed by atoms with Crippen LogP contribution in [-0.2, 0) is 0 Å². The first kappa shape index (κ1) is 16.2. The number of para-hydroxylation sites is 2. The Morgan fingerprint density at radius 1 is 0.538 bits per heavy atom. The zero-order valence-electron chi connectivity index (χ0n) is 14.9. The van der Waals surface area contributed by atoms with Gasteiger partial charge in [0.25, 0.3) is 0 Å². The van der Waals surface area contributed by atoms with Crippen molar-refractivity contribution in [1.82, 2.24) is 0 Å². The molecule has 0 aliphatic carbocycles. The molecule has 0 saturated carbocycles. The third-order valence-corrected chi connectivity index (χ3v) is 4.68. The molecule has 0 bridgehead atoms. The molecule has 128 valence electrons. The Kier molecular flexibility index (Phi) is 4.32. The summed E-state index contributed by atoms with van der Waals surface area (Å²) >= 11 is 0. The average Bonchev–Trinajstić information content (AvgIpc) is 2.72. The van der Waals surface area contributed by atoms with Crippen molar-refractivity contribution in [1.29, 1.82) is 0 Å². The number of hydrogen-bond donors (Lipinski definition) is 0. The lowest BCUT2D eigenvalue weighted by atomic mass is 9.92. The molecule has 0 amide bonds. The van der Waals surface area contributed by atoms with Crippen LogP contribution < -0.4 is 9.47 Å². The highest BCUT2D eigenvalue weighted by Crippen LogP contribution is 2.40. The number of methoxy groups -OCH3 is 2. The molecular formula is C24H20O2. The Labute approximate surface area is 153 Å². The molecule has 0 heterocycles. The molecule has 2 nitrogen and oxygen atoms in total. The second kappa shape index (κ2) is 6.93. The van der Waals surface area contributed by atoms with Crippen LogP contribution in [0.5, 0.6) is 11.5 Å². The molecule has 4 rings (SSSR count). The number of hydrogen-bond acceptors (Lipinski definition) is 2. The third-order valence-electron chi connectivity index (χ3n) is 4.68. The molecule has 0 aromatic heterocycles. The van der Waals surface area contributed by atoms with E-state index in [2.05, 4.69) is 48.5 Å². The highest BCUT2D eigenvalue weighted by molar-refractivity contribution is 6.01. The third kappa shape index (κ3) is 2.80. The summed E-state index contributed by atoms with van der Waals surface area (Å²) in [6.07, 6.45) is 0. The van der Waals surface area contributed by atoms with E-state index in [1.807, 2.05) is 36.4 Å². The standard InChI is InChI=1S/C24H20O2/c1-25-23-13-7-5-11-20(23)18-15-17-9-3-4-10-19(17)22(16-18)21-12-6-8-14-24(21)26-2/h3-16H,1-2H3. The van der Waals surface area contributed by atoms with Crippen molar-refractivity contribution in [2.24, 2.45) is 0 Å². The van der Waals surface area contributed by atoms with Crippen molar-refractivity contribution in [3.05, 3.63) is 84.9 Å². The summed E-state index contributed by atoms with van der Waals surface area (Å²) in [7, 11) is 3.42. The van der Waals surface area contributed by atoms with Gasteiger partial charge in [-0.05, 0) is 46.2 Å². The van der Waals surface area contributed by atoms with Crippen LogP contribution in [0.3, 0.4) is 0 Å². The molecule has 4 aromatic rings. The predicted molar refractivity (Wildman–Crippen MR) is 108 cm³/mol. The summed E-state index contributed by atoms with van der Waals surface area (Å²) in [6, 6.07) is 29.1. The molecule has 26 heavy (non-hydrogen) atoms. The lowest BCUT2D eigenvalue weighted by Gasteiger charge is -2.15. The van der Waals surface area contributed by atoms with Gasteiger partial charge in [0, 0.05) is 11.1 Å². The molecule has 0 fully saturated rings. The van der Waals surface area contributed by atoms with Crippen LogP contribution in [0.25, 0.3) is 33.0 Å². The first-order valence-corrected chi connectivity index (χ1v) is 8.61. The van der Waals surface area contributed by atoms with E-state index in [0.717, 1.165) is 33.8 Å². The van der Waals surface area contributed by atoms with Crippen molar-refractivity contribution >= 4 is 10.8 Å². The predicted octanol–water partition coefficient (Wildman–Crippen LogP) is 6.19. The summed E-state index contributed by atoms with van der Waals surface area (Å²) in [5, 5.41) is 2.40. The second-order valence-corrected chi connectivity index (χ2v) is 6.15. The van der Waals surface area contributed by atoms with Crippen molar-refractivity contribution in [3.63, 3.8) is 0 Å². The van der Waals surface area contributed by atoms with Gasteiger partial charge in [0.15, 0.2) is 0 Å². The maximum absolute atomic E-state index is 5.61. The maximum atomic E-state index is 5.61. The Hall–Kier alpha value is -3.26. The summed E-state index contributed by atoms with van der Waals surface area (Å²) in [5.74, 6) is 1.74. The smallest absolute Gasteiger partial charge is 0.126 e. The fourth-order valence-electron chi connectivity index (χ4n) is 3.44. The van der Waals surface area contributed by atoms with Gasteiger partial charge in [0.05, 0.1) is 14.2 Å². The Morgan fingerprint density at radius 3 is 1.85 bits per heavy atom. The van der Waals surface area contributed by atoms with Crippen LogP contribution in [0.4, 0.5) is 0 Å². The van der Waals surface area contributed by atoms with E-state index >= 15 is 0 Å². The molecule has 2 heteroatoms. The van der Waals surface area contributed by atoms with Crippen LogP contribution in [0.1, 0.15) is 0 Å². The van der Waals surface area contributed by atoms with Gasteiger partial charge in [-0.2, -0.15) is 0 Å². The van der Waals surface area contributed by atoms with E-state index in [1.54, 1.807) is 14.2 Å². The molecule has 0 spiro atoms. The van der Waals surface area contributed by atoms with Gasteiger partial charge in [-0.1, -0.05) is 60.7 Å². The van der Waals surface area contributed by atoms with Crippen LogP contribution >= 0.6 is 0 Å². The molecule has 0 aliphatic heterocycles. The first-order chi connectivity index (χ1) is 12.8. The molecule has 0 radical (unpaired) electrons. The molecular weight excluding hydrogens is 320 g/mol. The summed E-state index contributed by atoms with van der Waals surface area (Å²) in [5.41, 5.74) is 4.45. The van der Waals surface area contributed by atoms with Gasteiger partial charge in [0.2, 0.25) is 0 Å². The fraction of sp³-hybridized carbons (Fsp3) is 0.0833. The highest BCUT2D eigenvalue weighted by Gasteiger charge is 2.13. The van der Waals surface area contributed by atoms with Gasteiger partial charge < -0.3 is 9.47 Å². The average molecular weight is 340 g/mol. The zero-order valence-corrected chi connectivity index (χ0v) is 14.9. The van der Waals surface area contributed by atoms with Crippen LogP contribution in [0, 0.1) is 0 Å². The molecule has 0 N–H and O–H groups in total. The van der Waals surface area contributed by atoms with E-state index in [-0.39, 0.29) is 0 Å². The molecule has 0 atom stereocenters. The van der Waals surface area contributed by atoms with Gasteiger partial charge in [-0.25, -0.2) is 0 Å². The van der Waals surface area contributed by atoms with E-state index in [0.29, 0.717) is 0 Å². The van der Waals surface area contributed by atoms with E-state index in [9.17, 15) is 0 Å². The Bertz CT molecular complexity index is 1070. The lowest BCUT2D eigenvalue weighted by molar-refractivity contribution is 0.416. The number of fused-ring (bicyclic) bond motifs is 1. The van der Waals surface area contributed by atoms with Crippen molar-refractivity contribution in [3.8, 4) is 33.8 Å². The topological polar surface area (TPSA) is 18.5 Å². The normalized spacial score (nSPS) is 10.7. The quantitative estimate of drug-likeness (QED) is 0.441.